The van der Waals surface area contributed by atoms with Crippen LogP contribution in [0.15, 0.2) is 0 Å². The molecule has 0 amide bonds. The molecule has 0 aromatic carbocycles. The summed E-state index contributed by atoms with van der Waals surface area (Å²) in [6.45, 7) is 10.8. The van der Waals surface area contributed by atoms with Gasteiger partial charge in [-0.2, -0.15) is 0 Å². The minimum atomic E-state index is 0.312. The number of hydrogen-bond acceptors (Lipinski definition) is 3. The Balaban J connectivity index is 2.87. The van der Waals surface area contributed by atoms with Crippen molar-refractivity contribution >= 4 is 0 Å². The van der Waals surface area contributed by atoms with E-state index in [4.69, 9.17) is 9.47 Å². The lowest BCUT2D eigenvalue weighted by Crippen LogP contribution is -2.16. The maximum absolute atomic E-state index is 5.44. The molecule has 92 valence electrons. The Bertz CT molecular complexity index is 118. The quantitative estimate of drug-likeness (QED) is 0.538. The summed E-state index contributed by atoms with van der Waals surface area (Å²) in [6.07, 6.45) is 3.86. The summed E-state index contributed by atoms with van der Waals surface area (Å²) in [5.74, 6) is 0. The van der Waals surface area contributed by atoms with Gasteiger partial charge in [0.1, 0.15) is 0 Å². The second-order valence-electron chi connectivity index (χ2n) is 3.99. The molecule has 0 aliphatic carbocycles. The molecule has 0 aliphatic heterocycles. The van der Waals surface area contributed by atoms with Crippen molar-refractivity contribution < 1.29 is 9.47 Å². The van der Waals surface area contributed by atoms with Gasteiger partial charge in [-0.3, -0.25) is 0 Å². The van der Waals surface area contributed by atoms with Crippen LogP contribution in [0.4, 0.5) is 0 Å². The summed E-state index contributed by atoms with van der Waals surface area (Å²) >= 11 is 0. The first-order valence-electron chi connectivity index (χ1n) is 6.17. The van der Waals surface area contributed by atoms with E-state index in [9.17, 15) is 0 Å². The van der Waals surface area contributed by atoms with E-state index in [0.29, 0.717) is 12.7 Å². The molecule has 0 unspecified atom stereocenters. The first kappa shape index (κ1) is 14.9. The van der Waals surface area contributed by atoms with Crippen LogP contribution in [-0.4, -0.2) is 39.0 Å². The third-order valence-electron chi connectivity index (χ3n) is 2.00. The van der Waals surface area contributed by atoms with Gasteiger partial charge in [0, 0.05) is 6.61 Å². The van der Waals surface area contributed by atoms with E-state index in [2.05, 4.69) is 12.2 Å². The molecular formula is C12H27NO2. The first-order chi connectivity index (χ1) is 7.27. The summed E-state index contributed by atoms with van der Waals surface area (Å²) in [5, 5.41) is 3.37. The predicted octanol–water partition coefficient (Wildman–Crippen LogP) is 2.21. The Labute approximate surface area is 94.5 Å². The van der Waals surface area contributed by atoms with Crippen LogP contribution in [0.2, 0.25) is 0 Å². The molecule has 0 aliphatic rings. The molecule has 0 bridgehead atoms. The normalized spacial score (nSPS) is 11.2. The summed E-state index contributed by atoms with van der Waals surface area (Å²) in [5.41, 5.74) is 0. The molecular weight excluding hydrogens is 190 g/mol. The van der Waals surface area contributed by atoms with Crippen molar-refractivity contribution in [2.24, 2.45) is 0 Å². The molecule has 3 heteroatoms. The Kier molecular flexibility index (Phi) is 11.9. The van der Waals surface area contributed by atoms with E-state index < -0.39 is 0 Å². The lowest BCUT2D eigenvalue weighted by molar-refractivity contribution is 0.0188. The lowest BCUT2D eigenvalue weighted by atomic mass is 10.3. The van der Waals surface area contributed by atoms with Gasteiger partial charge in [-0.15, -0.1) is 0 Å². The molecule has 0 fully saturated rings. The Morgan fingerprint density at radius 3 is 2.47 bits per heavy atom. The Morgan fingerprint density at radius 2 is 1.80 bits per heavy atom. The van der Waals surface area contributed by atoms with Gasteiger partial charge in [0.15, 0.2) is 0 Å². The molecule has 0 heterocycles. The highest BCUT2D eigenvalue weighted by molar-refractivity contribution is 4.46. The molecule has 0 radical (unpaired) electrons. The van der Waals surface area contributed by atoms with Crippen molar-refractivity contribution in [2.75, 3.05) is 32.9 Å². The fourth-order valence-corrected chi connectivity index (χ4v) is 1.20. The standard InChI is InChI=1S/C12H27NO2/c1-4-7-13-8-5-6-9-14-10-11-15-12(2)3/h12-13H,4-11H2,1-3H3. The maximum Gasteiger partial charge on any atom is 0.0703 e. The summed E-state index contributed by atoms with van der Waals surface area (Å²) < 4.78 is 10.8. The predicted molar refractivity (Wildman–Crippen MR) is 64.3 cm³/mol. The number of ether oxygens (including phenoxy) is 2. The fraction of sp³-hybridized carbons (Fsp3) is 1.00. The molecule has 1 N–H and O–H groups in total. The molecule has 0 aromatic rings. The zero-order valence-electron chi connectivity index (χ0n) is 10.6. The number of rotatable bonds is 11. The summed E-state index contributed by atoms with van der Waals surface area (Å²) in [4.78, 5) is 0. The highest BCUT2D eigenvalue weighted by Gasteiger charge is 1.93. The van der Waals surface area contributed by atoms with E-state index in [1.807, 2.05) is 13.8 Å². The number of unbranched alkanes of at least 4 members (excludes halogenated alkanes) is 1. The van der Waals surface area contributed by atoms with Gasteiger partial charge >= 0.3 is 0 Å². The smallest absolute Gasteiger partial charge is 0.0703 e. The number of nitrogens with one attached hydrogen (secondary N) is 1. The van der Waals surface area contributed by atoms with Gasteiger partial charge in [-0.05, 0) is 46.2 Å². The van der Waals surface area contributed by atoms with Crippen LogP contribution in [0, 0.1) is 0 Å². The van der Waals surface area contributed by atoms with Crippen molar-refractivity contribution in [3.63, 3.8) is 0 Å². The Hall–Kier alpha value is -0.120. The van der Waals surface area contributed by atoms with Gasteiger partial charge in [-0.1, -0.05) is 6.92 Å². The largest absolute Gasteiger partial charge is 0.379 e. The van der Waals surface area contributed by atoms with Crippen LogP contribution < -0.4 is 5.32 Å². The minimum Gasteiger partial charge on any atom is -0.379 e. The molecule has 0 rings (SSSR count). The number of hydrogen-bond donors (Lipinski definition) is 1. The highest BCUT2D eigenvalue weighted by Crippen LogP contribution is 1.91. The topological polar surface area (TPSA) is 30.5 Å². The van der Waals surface area contributed by atoms with Crippen LogP contribution in [-0.2, 0) is 9.47 Å². The zero-order chi connectivity index (χ0) is 11.4. The SMILES string of the molecule is CCCNCCCCOCCOC(C)C. The van der Waals surface area contributed by atoms with E-state index >= 15 is 0 Å². The van der Waals surface area contributed by atoms with Crippen LogP contribution in [0.3, 0.4) is 0 Å². The minimum absolute atomic E-state index is 0.312. The second kappa shape index (κ2) is 12.0. The van der Waals surface area contributed by atoms with Gasteiger partial charge in [0.2, 0.25) is 0 Å². The van der Waals surface area contributed by atoms with E-state index in [1.54, 1.807) is 0 Å². The van der Waals surface area contributed by atoms with Crippen molar-refractivity contribution in [1.29, 1.82) is 0 Å². The van der Waals surface area contributed by atoms with Crippen LogP contribution in [0.1, 0.15) is 40.0 Å². The van der Waals surface area contributed by atoms with Crippen LogP contribution in [0.25, 0.3) is 0 Å². The van der Waals surface area contributed by atoms with E-state index in [0.717, 1.165) is 32.7 Å². The zero-order valence-corrected chi connectivity index (χ0v) is 10.6. The van der Waals surface area contributed by atoms with Crippen molar-refractivity contribution in [1.82, 2.24) is 5.32 Å². The summed E-state index contributed by atoms with van der Waals surface area (Å²) in [6, 6.07) is 0. The van der Waals surface area contributed by atoms with E-state index in [1.165, 1.54) is 12.8 Å². The van der Waals surface area contributed by atoms with Crippen molar-refractivity contribution in [2.45, 2.75) is 46.1 Å². The van der Waals surface area contributed by atoms with Crippen LogP contribution >= 0.6 is 0 Å². The van der Waals surface area contributed by atoms with E-state index in [-0.39, 0.29) is 0 Å². The molecule has 0 atom stereocenters. The second-order valence-corrected chi connectivity index (χ2v) is 3.99. The van der Waals surface area contributed by atoms with Gasteiger partial charge in [0.25, 0.3) is 0 Å². The van der Waals surface area contributed by atoms with Crippen LogP contribution in [0.5, 0.6) is 0 Å². The molecule has 3 nitrogen and oxygen atoms in total. The van der Waals surface area contributed by atoms with Gasteiger partial charge in [-0.25, -0.2) is 0 Å². The molecule has 0 spiro atoms. The van der Waals surface area contributed by atoms with Crippen molar-refractivity contribution in [3.05, 3.63) is 0 Å². The average molecular weight is 217 g/mol. The third kappa shape index (κ3) is 13.9. The highest BCUT2D eigenvalue weighted by atomic mass is 16.5. The van der Waals surface area contributed by atoms with Crippen molar-refractivity contribution in [3.8, 4) is 0 Å². The maximum atomic E-state index is 5.44. The van der Waals surface area contributed by atoms with Gasteiger partial charge < -0.3 is 14.8 Å². The average Bonchev–Trinajstić information content (AvgIpc) is 2.20. The monoisotopic (exact) mass is 217 g/mol. The molecule has 0 saturated carbocycles. The third-order valence-corrected chi connectivity index (χ3v) is 2.00. The fourth-order valence-electron chi connectivity index (χ4n) is 1.20. The molecule has 15 heavy (non-hydrogen) atoms. The molecule has 0 aromatic heterocycles. The first-order valence-corrected chi connectivity index (χ1v) is 6.17. The Morgan fingerprint density at radius 1 is 1.00 bits per heavy atom. The lowest BCUT2D eigenvalue weighted by Gasteiger charge is -2.08. The van der Waals surface area contributed by atoms with Gasteiger partial charge in [0.05, 0.1) is 19.3 Å². The molecule has 0 saturated heterocycles. The summed E-state index contributed by atoms with van der Waals surface area (Å²) in [7, 11) is 0.